The van der Waals surface area contributed by atoms with Gasteiger partial charge in [-0.05, 0) is 31.0 Å². The minimum atomic E-state index is -3.77. The van der Waals surface area contributed by atoms with Crippen molar-refractivity contribution >= 4 is 15.9 Å². The zero-order chi connectivity index (χ0) is 13.9. The molecule has 2 rings (SSSR count). The summed E-state index contributed by atoms with van der Waals surface area (Å²) >= 11 is 0. The van der Waals surface area contributed by atoms with Crippen molar-refractivity contribution in [2.24, 2.45) is 0 Å². The molecule has 1 amide bonds. The Balaban J connectivity index is 2.00. The number of sulfonamides is 1. The van der Waals surface area contributed by atoms with Crippen molar-refractivity contribution in [1.29, 1.82) is 5.26 Å². The topological polar surface area (TPSA) is 99.1 Å². The van der Waals surface area contributed by atoms with Crippen LogP contribution in [0.3, 0.4) is 0 Å². The predicted molar refractivity (Wildman–Crippen MR) is 67.5 cm³/mol. The third-order valence-electron chi connectivity index (χ3n) is 2.64. The van der Waals surface area contributed by atoms with Gasteiger partial charge < -0.3 is 5.32 Å². The molecule has 0 heterocycles. The van der Waals surface area contributed by atoms with E-state index in [1.54, 1.807) is 0 Å². The predicted octanol–water partition coefficient (Wildman–Crippen LogP) is 0.115. The maximum atomic E-state index is 11.9. The van der Waals surface area contributed by atoms with Crippen LogP contribution in [0.2, 0.25) is 0 Å². The Bertz CT molecular complexity index is 630. The second-order valence-corrected chi connectivity index (χ2v) is 6.07. The number of benzene rings is 1. The zero-order valence-electron chi connectivity index (χ0n) is 10.1. The third-order valence-corrected chi connectivity index (χ3v) is 4.04. The largest absolute Gasteiger partial charge is 0.352 e. The van der Waals surface area contributed by atoms with Gasteiger partial charge in [0.25, 0.3) is 0 Å². The lowest BCUT2D eigenvalue weighted by molar-refractivity contribution is -0.120. The molecule has 1 aromatic rings. The fourth-order valence-corrected chi connectivity index (χ4v) is 2.51. The van der Waals surface area contributed by atoms with Crippen molar-refractivity contribution in [2.45, 2.75) is 23.8 Å². The SMILES string of the molecule is N#Cc1cccc(S(=O)(=O)NCC(=O)NC2CC2)c1. The molecule has 1 fully saturated rings. The molecule has 0 bridgehead atoms. The number of nitriles is 1. The van der Waals surface area contributed by atoms with Crippen LogP contribution in [0, 0.1) is 11.3 Å². The molecule has 1 aliphatic carbocycles. The van der Waals surface area contributed by atoms with E-state index in [4.69, 9.17) is 5.26 Å². The molecule has 0 atom stereocenters. The lowest BCUT2D eigenvalue weighted by atomic mass is 10.2. The van der Waals surface area contributed by atoms with Crippen LogP contribution in [0.4, 0.5) is 0 Å². The molecular formula is C12H13N3O3S. The van der Waals surface area contributed by atoms with Crippen LogP contribution >= 0.6 is 0 Å². The zero-order valence-corrected chi connectivity index (χ0v) is 10.9. The summed E-state index contributed by atoms with van der Waals surface area (Å²) in [6, 6.07) is 7.70. The fraction of sp³-hybridized carbons (Fsp3) is 0.333. The first kappa shape index (κ1) is 13.5. The van der Waals surface area contributed by atoms with Gasteiger partial charge in [0.15, 0.2) is 0 Å². The van der Waals surface area contributed by atoms with Gasteiger partial charge in [0.2, 0.25) is 15.9 Å². The second-order valence-electron chi connectivity index (χ2n) is 4.31. The van der Waals surface area contributed by atoms with Gasteiger partial charge in [-0.15, -0.1) is 0 Å². The molecule has 0 aromatic heterocycles. The van der Waals surface area contributed by atoms with E-state index in [1.807, 2.05) is 6.07 Å². The normalized spacial score (nSPS) is 14.7. The third kappa shape index (κ3) is 3.77. The first-order chi connectivity index (χ1) is 9.01. The first-order valence-corrected chi connectivity index (χ1v) is 7.29. The van der Waals surface area contributed by atoms with Gasteiger partial charge in [0.1, 0.15) is 0 Å². The van der Waals surface area contributed by atoms with E-state index in [-0.39, 0.29) is 29.0 Å². The second kappa shape index (κ2) is 5.38. The summed E-state index contributed by atoms with van der Waals surface area (Å²) in [6.45, 7) is -0.296. The number of hydrogen-bond donors (Lipinski definition) is 2. The van der Waals surface area contributed by atoms with Gasteiger partial charge in [-0.1, -0.05) is 6.07 Å². The molecule has 1 aromatic carbocycles. The van der Waals surface area contributed by atoms with E-state index in [9.17, 15) is 13.2 Å². The molecule has 1 saturated carbocycles. The molecule has 100 valence electrons. The molecule has 6 nitrogen and oxygen atoms in total. The highest BCUT2D eigenvalue weighted by molar-refractivity contribution is 7.89. The number of amides is 1. The van der Waals surface area contributed by atoms with E-state index in [0.29, 0.717) is 0 Å². The molecule has 0 aliphatic heterocycles. The Labute approximate surface area is 111 Å². The molecule has 19 heavy (non-hydrogen) atoms. The fourth-order valence-electron chi connectivity index (χ4n) is 1.48. The van der Waals surface area contributed by atoms with Crippen LogP contribution in [0.5, 0.6) is 0 Å². The Morgan fingerprint density at radius 3 is 2.79 bits per heavy atom. The average molecular weight is 279 g/mol. The van der Waals surface area contributed by atoms with Crippen LogP contribution in [0.1, 0.15) is 18.4 Å². The Hall–Kier alpha value is -1.91. The molecule has 1 aliphatic rings. The highest BCUT2D eigenvalue weighted by Gasteiger charge is 2.24. The maximum Gasteiger partial charge on any atom is 0.241 e. The number of carbonyl (C=O) groups is 1. The van der Waals surface area contributed by atoms with Crippen molar-refractivity contribution < 1.29 is 13.2 Å². The van der Waals surface area contributed by atoms with Crippen LogP contribution in [0.25, 0.3) is 0 Å². The summed E-state index contributed by atoms with van der Waals surface area (Å²) in [6.07, 6.45) is 1.89. The van der Waals surface area contributed by atoms with Gasteiger partial charge in [-0.3, -0.25) is 4.79 Å². The molecule has 0 radical (unpaired) electrons. The molecular weight excluding hydrogens is 266 g/mol. The monoisotopic (exact) mass is 279 g/mol. The van der Waals surface area contributed by atoms with E-state index < -0.39 is 10.0 Å². The van der Waals surface area contributed by atoms with Gasteiger partial charge in [-0.2, -0.15) is 5.26 Å². The van der Waals surface area contributed by atoms with E-state index in [1.165, 1.54) is 24.3 Å². The van der Waals surface area contributed by atoms with E-state index in [0.717, 1.165) is 12.8 Å². The molecule has 0 spiro atoms. The highest BCUT2D eigenvalue weighted by atomic mass is 32.2. The van der Waals surface area contributed by atoms with Crippen LogP contribution in [-0.2, 0) is 14.8 Å². The first-order valence-electron chi connectivity index (χ1n) is 5.80. The number of hydrogen-bond acceptors (Lipinski definition) is 4. The molecule has 7 heteroatoms. The quantitative estimate of drug-likeness (QED) is 0.799. The lowest BCUT2D eigenvalue weighted by Crippen LogP contribution is -2.37. The Kier molecular flexibility index (Phi) is 3.83. The number of nitrogens with one attached hydrogen (secondary N) is 2. The van der Waals surface area contributed by atoms with Crippen molar-refractivity contribution in [3.8, 4) is 6.07 Å². The summed E-state index contributed by atoms with van der Waals surface area (Å²) in [7, 11) is -3.77. The van der Waals surface area contributed by atoms with Crippen LogP contribution in [0.15, 0.2) is 29.2 Å². The summed E-state index contributed by atoms with van der Waals surface area (Å²) in [5.41, 5.74) is 0.255. The minimum absolute atomic E-state index is 0.0224. The van der Waals surface area contributed by atoms with Crippen molar-refractivity contribution in [3.63, 3.8) is 0 Å². The standard InChI is InChI=1S/C12H13N3O3S/c13-7-9-2-1-3-11(6-9)19(17,18)14-8-12(16)15-10-4-5-10/h1-3,6,10,14H,4-5,8H2,(H,15,16). The molecule has 0 unspecified atom stereocenters. The Morgan fingerprint density at radius 1 is 1.42 bits per heavy atom. The van der Waals surface area contributed by atoms with Crippen molar-refractivity contribution in [3.05, 3.63) is 29.8 Å². The minimum Gasteiger partial charge on any atom is -0.352 e. The van der Waals surface area contributed by atoms with Gasteiger partial charge in [-0.25, -0.2) is 13.1 Å². The number of rotatable bonds is 5. The smallest absolute Gasteiger partial charge is 0.241 e. The van der Waals surface area contributed by atoms with Gasteiger partial charge in [0.05, 0.1) is 23.1 Å². The highest BCUT2D eigenvalue weighted by Crippen LogP contribution is 2.18. The van der Waals surface area contributed by atoms with E-state index in [2.05, 4.69) is 10.0 Å². The van der Waals surface area contributed by atoms with Gasteiger partial charge in [0, 0.05) is 6.04 Å². The summed E-state index contributed by atoms with van der Waals surface area (Å²) in [4.78, 5) is 11.4. The summed E-state index contributed by atoms with van der Waals surface area (Å²) in [5, 5.41) is 11.4. The van der Waals surface area contributed by atoms with Gasteiger partial charge >= 0.3 is 0 Å². The van der Waals surface area contributed by atoms with Crippen molar-refractivity contribution in [1.82, 2.24) is 10.0 Å². The van der Waals surface area contributed by atoms with Crippen LogP contribution < -0.4 is 10.0 Å². The summed E-state index contributed by atoms with van der Waals surface area (Å²) < 4.78 is 26.0. The molecule has 0 saturated heterocycles. The van der Waals surface area contributed by atoms with Crippen LogP contribution in [-0.4, -0.2) is 26.9 Å². The number of nitrogens with zero attached hydrogens (tertiary/aromatic N) is 1. The average Bonchev–Trinajstić information content (AvgIpc) is 3.20. The lowest BCUT2D eigenvalue weighted by Gasteiger charge is -2.07. The Morgan fingerprint density at radius 2 is 2.16 bits per heavy atom. The molecule has 2 N–H and O–H groups in total. The van der Waals surface area contributed by atoms with E-state index >= 15 is 0 Å². The number of carbonyl (C=O) groups excluding carboxylic acids is 1. The van der Waals surface area contributed by atoms with Crippen molar-refractivity contribution in [2.75, 3.05) is 6.54 Å². The maximum absolute atomic E-state index is 11.9. The summed E-state index contributed by atoms with van der Waals surface area (Å²) in [5.74, 6) is -0.345.